The molecule has 36 heavy (non-hydrogen) atoms. The third-order valence-corrected chi connectivity index (χ3v) is 8.20. The number of carbonyl (C=O) groups excluding carboxylic acids is 3. The van der Waals surface area contributed by atoms with Gasteiger partial charge in [-0.3, -0.25) is 14.4 Å². The first-order chi connectivity index (χ1) is 17.5. The van der Waals surface area contributed by atoms with Crippen molar-refractivity contribution in [2.45, 2.75) is 50.6 Å². The molecule has 0 bridgehead atoms. The van der Waals surface area contributed by atoms with Crippen molar-refractivity contribution in [2.75, 3.05) is 20.2 Å². The van der Waals surface area contributed by atoms with Gasteiger partial charge in [0.05, 0.1) is 29.3 Å². The number of rotatable bonds is 8. The van der Waals surface area contributed by atoms with E-state index < -0.39 is 6.04 Å². The number of thiophene rings is 1. The normalized spacial score (nSPS) is 20.9. The topological polar surface area (TPSA) is 104 Å². The van der Waals surface area contributed by atoms with Gasteiger partial charge in [0.1, 0.15) is 11.4 Å². The molecule has 3 N–H and O–H groups in total. The number of carbonyl (C=O) groups is 3. The number of hydrogen-bond acceptors (Lipinski definition) is 5. The summed E-state index contributed by atoms with van der Waals surface area (Å²) in [7, 11) is 1.60. The van der Waals surface area contributed by atoms with Crippen molar-refractivity contribution >= 4 is 39.3 Å². The highest BCUT2D eigenvalue weighted by Gasteiger charge is 2.39. The Morgan fingerprint density at radius 1 is 1.19 bits per heavy atom. The summed E-state index contributed by atoms with van der Waals surface area (Å²) in [6, 6.07) is 10.8. The number of nitrogens with one attached hydrogen (secondary N) is 3. The van der Waals surface area contributed by atoms with Crippen LogP contribution in [0.5, 0.6) is 5.75 Å². The summed E-state index contributed by atoms with van der Waals surface area (Å²) in [6.07, 6.45) is 5.05. The Kier molecular flexibility index (Phi) is 7.27. The van der Waals surface area contributed by atoms with Crippen molar-refractivity contribution in [3.8, 4) is 5.75 Å². The Morgan fingerprint density at radius 3 is 2.83 bits per heavy atom. The molecule has 3 atom stereocenters. The Labute approximate surface area is 214 Å². The number of methoxy groups -OCH3 is 1. The third-order valence-electron chi connectivity index (χ3n) is 7.34. The van der Waals surface area contributed by atoms with E-state index in [0.29, 0.717) is 17.9 Å². The van der Waals surface area contributed by atoms with Crippen LogP contribution in [0.3, 0.4) is 0 Å². The molecule has 2 aromatic heterocycles. The van der Waals surface area contributed by atoms with E-state index in [9.17, 15) is 14.4 Å². The summed E-state index contributed by atoms with van der Waals surface area (Å²) in [4.78, 5) is 44.0. The number of amides is 3. The number of likely N-dealkylation sites (tertiary alicyclic amines) is 1. The molecule has 1 saturated heterocycles. The van der Waals surface area contributed by atoms with E-state index in [0.717, 1.165) is 54.4 Å². The van der Waals surface area contributed by atoms with Crippen LogP contribution < -0.4 is 15.4 Å². The lowest BCUT2D eigenvalue weighted by atomic mass is 9.82. The van der Waals surface area contributed by atoms with Crippen LogP contribution in [0.2, 0.25) is 0 Å². The monoisotopic (exact) mass is 508 g/mol. The predicted octanol–water partition coefficient (Wildman–Crippen LogP) is 4.01. The zero-order chi connectivity index (χ0) is 25.1. The van der Waals surface area contributed by atoms with Crippen LogP contribution >= 0.6 is 11.3 Å². The van der Waals surface area contributed by atoms with Gasteiger partial charge >= 0.3 is 0 Å². The summed E-state index contributed by atoms with van der Waals surface area (Å²) < 4.78 is 6.42. The number of aromatic nitrogens is 1. The van der Waals surface area contributed by atoms with E-state index in [4.69, 9.17) is 4.74 Å². The van der Waals surface area contributed by atoms with Crippen molar-refractivity contribution in [3.63, 3.8) is 0 Å². The lowest BCUT2D eigenvalue weighted by molar-refractivity contribution is -0.135. The van der Waals surface area contributed by atoms with E-state index in [1.54, 1.807) is 18.4 Å². The van der Waals surface area contributed by atoms with Gasteiger partial charge < -0.3 is 25.3 Å². The van der Waals surface area contributed by atoms with Crippen molar-refractivity contribution in [3.05, 3.63) is 53.0 Å². The van der Waals surface area contributed by atoms with E-state index >= 15 is 0 Å². The fourth-order valence-corrected chi connectivity index (χ4v) is 6.24. The first kappa shape index (κ1) is 24.4. The maximum atomic E-state index is 13.6. The fraction of sp³-hybridized carbons (Fsp3) is 0.444. The molecule has 3 amide bonds. The van der Waals surface area contributed by atoms with Crippen LogP contribution in [-0.2, 0) is 9.59 Å². The zero-order valence-electron chi connectivity index (χ0n) is 20.4. The van der Waals surface area contributed by atoms with E-state index in [2.05, 4.69) is 15.6 Å². The molecule has 1 saturated carbocycles. The molecule has 1 aliphatic carbocycles. The summed E-state index contributed by atoms with van der Waals surface area (Å²) >= 11 is 1.58. The van der Waals surface area contributed by atoms with Gasteiger partial charge in [0.15, 0.2) is 0 Å². The molecular weight excluding hydrogens is 476 g/mol. The van der Waals surface area contributed by atoms with Gasteiger partial charge in [-0.2, -0.15) is 0 Å². The highest BCUT2D eigenvalue weighted by atomic mass is 32.1. The summed E-state index contributed by atoms with van der Waals surface area (Å²) in [5.41, 5.74) is 2.27. The minimum Gasteiger partial charge on any atom is -0.497 e. The average molecular weight is 509 g/mol. The average Bonchev–Trinajstić information content (AvgIpc) is 3.63. The molecule has 5 rings (SSSR count). The SMILES string of the molecule is COc1cccc(C(CNC(=O)c2cc3sccc3[nH]2)NC(=O)[C@@H]2CCCC[C@@H]2N2CCCC2=O)c1. The van der Waals surface area contributed by atoms with Gasteiger partial charge in [-0.1, -0.05) is 25.0 Å². The summed E-state index contributed by atoms with van der Waals surface area (Å²) in [6.45, 7) is 0.959. The number of ether oxygens (including phenoxy) is 1. The first-order valence-electron chi connectivity index (χ1n) is 12.6. The van der Waals surface area contributed by atoms with E-state index in [1.165, 1.54) is 0 Å². The standard InChI is InChI=1S/C27H32N4O4S/c1-35-18-7-4-6-17(14-18)22(16-28-27(34)21-15-24-20(29-21)11-13-36-24)30-26(33)19-8-2-3-9-23(19)31-12-5-10-25(31)32/h4,6-7,11,13-15,19,22-23,29H,2-3,5,8-10,12,16H2,1H3,(H,28,34)(H,30,33)/t19-,22?,23+/m1/s1. The van der Waals surface area contributed by atoms with Gasteiger partial charge in [0.2, 0.25) is 11.8 Å². The van der Waals surface area contributed by atoms with Crippen LogP contribution in [0.1, 0.15) is 60.6 Å². The fourth-order valence-electron chi connectivity index (χ4n) is 5.46. The quantitative estimate of drug-likeness (QED) is 0.428. The minimum absolute atomic E-state index is 0.0545. The molecule has 9 heteroatoms. The first-order valence-corrected chi connectivity index (χ1v) is 13.5. The molecule has 2 fully saturated rings. The number of hydrogen-bond donors (Lipinski definition) is 3. The summed E-state index contributed by atoms with van der Waals surface area (Å²) in [5, 5.41) is 8.16. The van der Waals surface area contributed by atoms with Crippen molar-refractivity contribution in [1.29, 1.82) is 0 Å². The van der Waals surface area contributed by atoms with Crippen molar-refractivity contribution in [2.24, 2.45) is 5.92 Å². The number of benzene rings is 1. The van der Waals surface area contributed by atoms with Crippen LogP contribution in [-0.4, -0.2) is 53.8 Å². The summed E-state index contributed by atoms with van der Waals surface area (Å²) in [5.74, 6) is 0.295. The number of aromatic amines is 1. The second-order valence-corrected chi connectivity index (χ2v) is 10.5. The van der Waals surface area contributed by atoms with Gasteiger partial charge in [-0.15, -0.1) is 11.3 Å². The van der Waals surface area contributed by atoms with Crippen LogP contribution in [0, 0.1) is 5.92 Å². The Balaban J connectivity index is 1.33. The highest BCUT2D eigenvalue weighted by molar-refractivity contribution is 7.17. The molecule has 1 unspecified atom stereocenters. The molecule has 3 heterocycles. The second kappa shape index (κ2) is 10.7. The van der Waals surface area contributed by atoms with Crippen LogP contribution in [0.15, 0.2) is 41.8 Å². The van der Waals surface area contributed by atoms with E-state index in [-0.39, 0.29) is 36.2 Å². The number of nitrogens with zero attached hydrogens (tertiary/aromatic N) is 1. The molecule has 190 valence electrons. The van der Waals surface area contributed by atoms with E-state index in [1.807, 2.05) is 46.7 Å². The molecule has 2 aliphatic rings. The molecule has 8 nitrogen and oxygen atoms in total. The molecule has 1 aromatic carbocycles. The lowest BCUT2D eigenvalue weighted by Crippen LogP contribution is -2.50. The Morgan fingerprint density at radius 2 is 2.06 bits per heavy atom. The molecular formula is C27H32N4O4S. The van der Waals surface area contributed by atoms with Crippen molar-refractivity contribution < 1.29 is 19.1 Å². The van der Waals surface area contributed by atoms with Crippen molar-refractivity contribution in [1.82, 2.24) is 20.5 Å². The van der Waals surface area contributed by atoms with Gasteiger partial charge in [-0.05, 0) is 54.5 Å². The molecule has 0 radical (unpaired) electrons. The Bertz CT molecular complexity index is 1220. The second-order valence-electron chi connectivity index (χ2n) is 9.58. The molecule has 0 spiro atoms. The smallest absolute Gasteiger partial charge is 0.267 e. The predicted molar refractivity (Wildman–Crippen MR) is 139 cm³/mol. The maximum Gasteiger partial charge on any atom is 0.267 e. The third kappa shape index (κ3) is 5.11. The number of fused-ring (bicyclic) bond motifs is 1. The molecule has 3 aromatic rings. The van der Waals surface area contributed by atoms with Crippen LogP contribution in [0.25, 0.3) is 10.2 Å². The highest BCUT2D eigenvalue weighted by Crippen LogP contribution is 2.32. The number of H-pyrrole nitrogens is 1. The minimum atomic E-state index is -0.440. The van der Waals surface area contributed by atoms with Gasteiger partial charge in [0, 0.05) is 25.6 Å². The zero-order valence-corrected chi connectivity index (χ0v) is 21.2. The van der Waals surface area contributed by atoms with Gasteiger partial charge in [-0.25, -0.2) is 0 Å². The Hall–Kier alpha value is -3.33. The van der Waals surface area contributed by atoms with Crippen LogP contribution in [0.4, 0.5) is 0 Å². The van der Waals surface area contributed by atoms with Gasteiger partial charge in [0.25, 0.3) is 5.91 Å². The maximum absolute atomic E-state index is 13.6. The largest absolute Gasteiger partial charge is 0.497 e. The lowest BCUT2D eigenvalue weighted by Gasteiger charge is -2.37. The molecule has 1 aliphatic heterocycles.